The number of rotatable bonds is 5. The summed E-state index contributed by atoms with van der Waals surface area (Å²) in [7, 11) is 3.46. The summed E-state index contributed by atoms with van der Waals surface area (Å²) in [6.45, 7) is 1.92. The zero-order valence-corrected chi connectivity index (χ0v) is 20.5. The Labute approximate surface area is 208 Å². The minimum Gasteiger partial charge on any atom is -0.841 e. The summed E-state index contributed by atoms with van der Waals surface area (Å²) in [5, 5.41) is 17.6. The number of fused-ring (bicyclic) bond motifs is 1. The lowest BCUT2D eigenvalue weighted by molar-refractivity contribution is -0.728. The van der Waals surface area contributed by atoms with Gasteiger partial charge in [0.05, 0.1) is 30.6 Å². The van der Waals surface area contributed by atoms with Crippen molar-refractivity contribution in [1.82, 2.24) is 0 Å². The smallest absolute Gasteiger partial charge is 0.341 e. The van der Waals surface area contributed by atoms with E-state index < -0.39 is 6.04 Å². The third-order valence-corrected chi connectivity index (χ3v) is 7.54. The number of hydrogen-bond donors (Lipinski definition) is 1. The number of amides is 1. The molecule has 3 aromatic carbocycles. The summed E-state index contributed by atoms with van der Waals surface area (Å²) in [6, 6.07) is 26.0. The number of nitrogens with one attached hydrogen (secondary N) is 1. The molecule has 176 valence electrons. The summed E-state index contributed by atoms with van der Waals surface area (Å²) in [6.07, 6.45) is 0. The van der Waals surface area contributed by atoms with Crippen molar-refractivity contribution < 1.29 is 19.2 Å². The number of aromatic nitrogens is 1. The molecule has 0 bridgehead atoms. The Morgan fingerprint density at radius 1 is 1.00 bits per heavy atom. The van der Waals surface area contributed by atoms with Gasteiger partial charge in [-0.2, -0.15) is 0 Å². The Morgan fingerprint density at radius 3 is 2.31 bits per heavy atom. The van der Waals surface area contributed by atoms with Crippen molar-refractivity contribution in [3.8, 4) is 22.1 Å². The fraction of sp³-hybridized carbons (Fsp3) is 0.143. The molecule has 0 fully saturated rings. The van der Waals surface area contributed by atoms with Crippen LogP contribution in [0.1, 0.15) is 18.5 Å². The van der Waals surface area contributed by atoms with Crippen molar-refractivity contribution in [2.75, 3.05) is 24.4 Å². The van der Waals surface area contributed by atoms with E-state index in [1.807, 2.05) is 91.7 Å². The molecule has 2 heterocycles. The van der Waals surface area contributed by atoms with Crippen LogP contribution in [-0.4, -0.2) is 20.1 Å². The SMILES string of the molecule is COc1ccccc1NC(=O)C1=C(C)N(C)c2sc(-c3ccccc3)c([O-])[n+]2C1c1ccccc1. The number of hydrogen-bond acceptors (Lipinski definition) is 5. The van der Waals surface area contributed by atoms with Gasteiger partial charge in [0.2, 0.25) is 0 Å². The van der Waals surface area contributed by atoms with Crippen molar-refractivity contribution in [1.29, 1.82) is 0 Å². The third-order valence-electron chi connectivity index (χ3n) is 6.28. The zero-order valence-electron chi connectivity index (χ0n) is 19.7. The van der Waals surface area contributed by atoms with Crippen LogP contribution < -0.4 is 24.6 Å². The molecule has 1 N–H and O–H groups in total. The van der Waals surface area contributed by atoms with Gasteiger partial charge in [-0.25, -0.2) is 9.47 Å². The van der Waals surface area contributed by atoms with E-state index in [4.69, 9.17) is 4.74 Å². The molecule has 0 aliphatic carbocycles. The summed E-state index contributed by atoms with van der Waals surface area (Å²) in [4.78, 5) is 16.4. The fourth-order valence-corrected chi connectivity index (χ4v) is 5.62. The minimum absolute atomic E-state index is 0.119. The molecule has 5 rings (SSSR count). The van der Waals surface area contributed by atoms with Gasteiger partial charge in [-0.1, -0.05) is 72.8 Å². The summed E-state index contributed by atoms with van der Waals surface area (Å²) in [5.41, 5.74) is 3.60. The van der Waals surface area contributed by atoms with E-state index in [0.29, 0.717) is 21.9 Å². The Bertz CT molecular complexity index is 1410. The Hall–Kier alpha value is -4.10. The molecule has 0 saturated carbocycles. The second-order valence-corrected chi connectivity index (χ2v) is 9.26. The van der Waals surface area contributed by atoms with Crippen LogP contribution in [0.3, 0.4) is 0 Å². The average molecular weight is 484 g/mol. The van der Waals surface area contributed by atoms with Crippen LogP contribution in [0.4, 0.5) is 10.8 Å². The Morgan fingerprint density at radius 2 is 1.63 bits per heavy atom. The molecule has 4 aromatic rings. The largest absolute Gasteiger partial charge is 0.841 e. The number of thiazole rings is 1. The number of para-hydroxylation sites is 2. The number of benzene rings is 3. The van der Waals surface area contributed by atoms with Gasteiger partial charge >= 0.3 is 5.13 Å². The number of carbonyl (C=O) groups excluding carboxylic acids is 1. The summed E-state index contributed by atoms with van der Waals surface area (Å²) < 4.78 is 7.17. The lowest BCUT2D eigenvalue weighted by Gasteiger charge is -2.30. The highest BCUT2D eigenvalue weighted by atomic mass is 32.1. The first-order valence-electron chi connectivity index (χ1n) is 11.3. The Balaban J connectivity index is 1.67. The lowest BCUT2D eigenvalue weighted by Crippen LogP contribution is -2.52. The molecule has 1 atom stereocenters. The molecule has 1 aliphatic heterocycles. The van der Waals surface area contributed by atoms with E-state index in [1.54, 1.807) is 23.8 Å². The van der Waals surface area contributed by atoms with Crippen LogP contribution in [0.15, 0.2) is 96.2 Å². The molecular weight excluding hydrogens is 458 g/mol. The number of nitrogens with zero attached hydrogens (tertiary/aromatic N) is 2. The molecule has 0 radical (unpaired) electrons. The molecule has 1 amide bonds. The van der Waals surface area contributed by atoms with Crippen LogP contribution in [0.5, 0.6) is 11.6 Å². The van der Waals surface area contributed by atoms with E-state index in [0.717, 1.165) is 22.0 Å². The predicted octanol–water partition coefficient (Wildman–Crippen LogP) is 4.74. The number of carbonyl (C=O) groups is 1. The number of methoxy groups -OCH3 is 1. The lowest BCUT2D eigenvalue weighted by atomic mass is 9.94. The quantitative estimate of drug-likeness (QED) is 0.417. The average Bonchev–Trinajstić information content (AvgIpc) is 3.24. The standard InChI is InChI=1S/C28H25N3O3S/c1-18-23(26(32)29-21-16-10-11-17-22(21)34-3)24(19-12-6-4-7-13-19)31-27(33)25(35-28(31)30(18)2)20-14-8-5-9-15-20/h4-17,24H,1-3H3,(H-,29,32,33). The molecular formula is C28H25N3O3S. The van der Waals surface area contributed by atoms with Crippen LogP contribution in [0.25, 0.3) is 10.4 Å². The highest BCUT2D eigenvalue weighted by molar-refractivity contribution is 7.18. The van der Waals surface area contributed by atoms with Crippen molar-refractivity contribution in [2.24, 2.45) is 0 Å². The van der Waals surface area contributed by atoms with Crippen molar-refractivity contribution in [3.63, 3.8) is 0 Å². The van der Waals surface area contributed by atoms with E-state index in [1.165, 1.54) is 11.3 Å². The van der Waals surface area contributed by atoms with Crippen molar-refractivity contribution in [3.05, 3.63) is 102 Å². The van der Waals surface area contributed by atoms with Gasteiger partial charge in [0.25, 0.3) is 5.91 Å². The first kappa shape index (κ1) is 22.7. The summed E-state index contributed by atoms with van der Waals surface area (Å²) in [5.74, 6) is 0.170. The topological polar surface area (TPSA) is 68.5 Å². The van der Waals surface area contributed by atoms with Gasteiger partial charge in [0, 0.05) is 5.56 Å². The number of ether oxygens (including phenoxy) is 1. The first-order valence-corrected chi connectivity index (χ1v) is 12.1. The van der Waals surface area contributed by atoms with Crippen molar-refractivity contribution >= 4 is 28.1 Å². The predicted molar refractivity (Wildman–Crippen MR) is 137 cm³/mol. The molecule has 35 heavy (non-hydrogen) atoms. The van der Waals surface area contributed by atoms with Crippen LogP contribution in [-0.2, 0) is 4.79 Å². The van der Waals surface area contributed by atoms with Gasteiger partial charge in [-0.3, -0.25) is 4.79 Å². The maximum Gasteiger partial charge on any atom is 0.341 e. The van der Waals surface area contributed by atoms with Crippen LogP contribution >= 0.6 is 11.3 Å². The molecule has 6 nitrogen and oxygen atoms in total. The van der Waals surface area contributed by atoms with Crippen molar-refractivity contribution in [2.45, 2.75) is 13.0 Å². The van der Waals surface area contributed by atoms with E-state index in [2.05, 4.69) is 5.32 Å². The molecule has 7 heteroatoms. The second-order valence-electron chi connectivity index (χ2n) is 8.28. The first-order chi connectivity index (χ1) is 17.0. The fourth-order valence-electron chi connectivity index (χ4n) is 4.44. The highest BCUT2D eigenvalue weighted by Crippen LogP contribution is 2.43. The maximum absolute atomic E-state index is 13.8. The zero-order chi connectivity index (χ0) is 24.5. The van der Waals surface area contributed by atoms with Gasteiger partial charge in [-0.15, -0.1) is 0 Å². The monoisotopic (exact) mass is 483 g/mol. The molecule has 1 unspecified atom stereocenters. The Kier molecular flexibility index (Phi) is 6.01. The molecule has 1 aromatic heterocycles. The highest BCUT2D eigenvalue weighted by Gasteiger charge is 2.43. The van der Waals surface area contributed by atoms with E-state index in [-0.39, 0.29) is 11.8 Å². The van der Waals surface area contributed by atoms with E-state index >= 15 is 0 Å². The summed E-state index contributed by atoms with van der Waals surface area (Å²) >= 11 is 1.44. The normalized spacial score (nSPS) is 15.1. The van der Waals surface area contributed by atoms with Gasteiger partial charge < -0.3 is 15.2 Å². The maximum atomic E-state index is 13.8. The van der Waals surface area contributed by atoms with Gasteiger partial charge in [0.15, 0.2) is 6.04 Å². The number of anilines is 2. The molecule has 0 saturated heterocycles. The second kappa shape index (κ2) is 9.27. The minimum atomic E-state index is -0.571. The third kappa shape index (κ3) is 3.94. The molecule has 0 spiro atoms. The number of allylic oxidation sites excluding steroid dienone is 1. The van der Waals surface area contributed by atoms with Gasteiger partial charge in [-0.05, 0) is 36.0 Å². The van der Waals surface area contributed by atoms with Gasteiger partial charge in [0.1, 0.15) is 17.0 Å². The molecule has 1 aliphatic rings. The van der Waals surface area contributed by atoms with Crippen LogP contribution in [0, 0.1) is 0 Å². The van der Waals surface area contributed by atoms with Crippen LogP contribution in [0.2, 0.25) is 0 Å². The van der Waals surface area contributed by atoms with E-state index in [9.17, 15) is 9.90 Å².